The highest BCUT2D eigenvalue weighted by Crippen LogP contribution is 2.30. The Morgan fingerprint density at radius 3 is 2.62 bits per heavy atom. The summed E-state index contributed by atoms with van der Waals surface area (Å²) >= 11 is 0. The lowest BCUT2D eigenvalue weighted by Crippen LogP contribution is -2.26. The molecule has 0 atom stereocenters. The summed E-state index contributed by atoms with van der Waals surface area (Å²) in [5, 5.41) is 5.18. The zero-order chi connectivity index (χ0) is 17.2. The van der Waals surface area contributed by atoms with Crippen LogP contribution in [0.4, 0.5) is 5.69 Å². The summed E-state index contributed by atoms with van der Waals surface area (Å²) in [5.41, 5.74) is 2.03. The lowest BCUT2D eigenvalue weighted by atomic mass is 10.2. The van der Waals surface area contributed by atoms with E-state index >= 15 is 0 Å². The zero-order valence-corrected chi connectivity index (χ0v) is 14.3. The van der Waals surface area contributed by atoms with Crippen LogP contribution in [-0.2, 0) is 16.4 Å². The average molecular weight is 348 g/mol. The van der Waals surface area contributed by atoms with Gasteiger partial charge in [-0.15, -0.1) is 0 Å². The van der Waals surface area contributed by atoms with Crippen LogP contribution in [0.1, 0.15) is 5.56 Å². The Morgan fingerprint density at radius 1 is 1.17 bits per heavy atom. The number of ether oxygens (including phenoxy) is 2. The first kappa shape index (κ1) is 16.6. The van der Waals surface area contributed by atoms with E-state index in [9.17, 15) is 8.42 Å². The molecule has 6 nitrogen and oxygen atoms in total. The number of nitrogens with two attached hydrogens (primary N) is 1. The Balaban J connectivity index is 1.65. The second kappa shape index (κ2) is 6.70. The molecule has 0 saturated heterocycles. The van der Waals surface area contributed by atoms with E-state index in [0.29, 0.717) is 24.7 Å². The smallest absolute Gasteiger partial charge is 0.238 e. The van der Waals surface area contributed by atoms with E-state index in [1.54, 1.807) is 19.2 Å². The van der Waals surface area contributed by atoms with Crippen molar-refractivity contribution in [2.45, 2.75) is 11.3 Å². The number of benzene rings is 2. The minimum absolute atomic E-state index is 0.161. The van der Waals surface area contributed by atoms with Crippen LogP contribution >= 0.6 is 0 Å². The van der Waals surface area contributed by atoms with Gasteiger partial charge in [0.05, 0.1) is 18.6 Å². The Bertz CT molecular complexity index is 836. The monoisotopic (exact) mass is 348 g/mol. The standard InChI is InChI=1S/C17H20N2O4S/c1-22-16-4-2-3-5-17(16)23-11-10-19-9-8-13-12-14(24(18,20)21)6-7-15(13)19/h2-7,12H,8-11H2,1H3,(H2,18,20,21). The number of hydrogen-bond donors (Lipinski definition) is 1. The number of primary sulfonamides is 1. The van der Waals surface area contributed by atoms with Gasteiger partial charge in [0.1, 0.15) is 6.61 Å². The molecule has 0 bridgehead atoms. The molecule has 2 aromatic rings. The highest BCUT2D eigenvalue weighted by molar-refractivity contribution is 7.89. The first-order chi connectivity index (χ1) is 11.5. The van der Waals surface area contributed by atoms with Gasteiger partial charge in [0.2, 0.25) is 10.0 Å². The molecule has 2 aromatic carbocycles. The van der Waals surface area contributed by atoms with E-state index in [4.69, 9.17) is 14.6 Å². The van der Waals surface area contributed by atoms with Crippen LogP contribution in [-0.4, -0.2) is 35.2 Å². The Labute approximate surface area is 141 Å². The van der Waals surface area contributed by atoms with Crippen molar-refractivity contribution in [1.29, 1.82) is 0 Å². The fourth-order valence-electron chi connectivity index (χ4n) is 2.86. The third kappa shape index (κ3) is 3.47. The van der Waals surface area contributed by atoms with Gasteiger partial charge in [-0.05, 0) is 42.3 Å². The van der Waals surface area contributed by atoms with Gasteiger partial charge in [0.15, 0.2) is 11.5 Å². The number of para-hydroxylation sites is 2. The molecular weight excluding hydrogens is 328 g/mol. The van der Waals surface area contributed by atoms with Crippen molar-refractivity contribution >= 4 is 15.7 Å². The normalized spacial score (nSPS) is 13.7. The summed E-state index contributed by atoms with van der Waals surface area (Å²) in [6.07, 6.45) is 0.799. The molecule has 128 valence electrons. The first-order valence-corrected chi connectivity index (χ1v) is 9.20. The highest BCUT2D eigenvalue weighted by atomic mass is 32.2. The number of rotatable bonds is 6. The topological polar surface area (TPSA) is 81.9 Å². The molecule has 3 rings (SSSR count). The zero-order valence-electron chi connectivity index (χ0n) is 13.4. The van der Waals surface area contributed by atoms with Crippen LogP contribution in [0, 0.1) is 0 Å². The predicted molar refractivity (Wildman–Crippen MR) is 92.2 cm³/mol. The number of methoxy groups -OCH3 is 1. The van der Waals surface area contributed by atoms with Crippen LogP contribution in [0.25, 0.3) is 0 Å². The fourth-order valence-corrected chi connectivity index (χ4v) is 3.42. The maximum Gasteiger partial charge on any atom is 0.238 e. The molecule has 0 aliphatic carbocycles. The van der Waals surface area contributed by atoms with Gasteiger partial charge in [-0.25, -0.2) is 13.6 Å². The third-order valence-corrected chi connectivity index (χ3v) is 4.97. The molecule has 24 heavy (non-hydrogen) atoms. The maximum absolute atomic E-state index is 11.4. The number of hydrogen-bond acceptors (Lipinski definition) is 5. The summed E-state index contributed by atoms with van der Waals surface area (Å²) in [4.78, 5) is 2.34. The number of nitrogens with zero attached hydrogens (tertiary/aromatic N) is 1. The van der Waals surface area contributed by atoms with Crippen LogP contribution in [0.5, 0.6) is 11.5 Å². The van der Waals surface area contributed by atoms with Gasteiger partial charge < -0.3 is 14.4 Å². The number of sulfonamides is 1. The van der Waals surface area contributed by atoms with Crippen molar-refractivity contribution in [2.24, 2.45) is 5.14 Å². The van der Waals surface area contributed by atoms with Crippen molar-refractivity contribution in [2.75, 3.05) is 31.7 Å². The molecular formula is C17H20N2O4S. The van der Waals surface area contributed by atoms with Crippen molar-refractivity contribution in [1.82, 2.24) is 0 Å². The molecule has 0 aromatic heterocycles. The summed E-state index contributed by atoms with van der Waals surface area (Å²) in [7, 11) is -2.05. The molecule has 0 radical (unpaired) electrons. The van der Waals surface area contributed by atoms with Crippen LogP contribution in [0.15, 0.2) is 47.4 Å². The van der Waals surface area contributed by atoms with Gasteiger partial charge in [-0.1, -0.05) is 12.1 Å². The molecule has 1 aliphatic heterocycles. The molecule has 2 N–H and O–H groups in total. The van der Waals surface area contributed by atoms with Crippen molar-refractivity contribution in [3.63, 3.8) is 0 Å². The lowest BCUT2D eigenvalue weighted by molar-refractivity contribution is 0.300. The number of fused-ring (bicyclic) bond motifs is 1. The minimum atomic E-state index is -3.66. The largest absolute Gasteiger partial charge is 0.493 e. The second-order valence-electron chi connectivity index (χ2n) is 5.57. The maximum atomic E-state index is 11.4. The van der Waals surface area contributed by atoms with Crippen LogP contribution in [0.3, 0.4) is 0 Å². The van der Waals surface area contributed by atoms with Crippen molar-refractivity contribution in [3.05, 3.63) is 48.0 Å². The lowest BCUT2D eigenvalue weighted by Gasteiger charge is -2.20. The van der Waals surface area contributed by atoms with Crippen molar-refractivity contribution < 1.29 is 17.9 Å². The molecule has 0 spiro atoms. The summed E-state index contributed by atoms with van der Waals surface area (Å²) < 4.78 is 33.9. The molecule has 7 heteroatoms. The summed E-state index contributed by atoms with van der Waals surface area (Å²) in [6.45, 7) is 2.05. The predicted octanol–water partition coefficient (Wildman–Crippen LogP) is 1.78. The second-order valence-corrected chi connectivity index (χ2v) is 7.13. The first-order valence-electron chi connectivity index (χ1n) is 7.65. The van der Waals surface area contributed by atoms with E-state index in [2.05, 4.69) is 4.90 Å². The van der Waals surface area contributed by atoms with E-state index in [0.717, 1.165) is 24.2 Å². The molecule has 1 heterocycles. The molecule has 0 amide bonds. The Hall–Kier alpha value is -2.25. The molecule has 0 unspecified atom stereocenters. The van der Waals surface area contributed by atoms with Crippen molar-refractivity contribution in [3.8, 4) is 11.5 Å². The molecule has 0 saturated carbocycles. The van der Waals surface area contributed by atoms with Gasteiger partial charge in [0.25, 0.3) is 0 Å². The van der Waals surface area contributed by atoms with Gasteiger partial charge in [0, 0.05) is 12.2 Å². The van der Waals surface area contributed by atoms with E-state index in [-0.39, 0.29) is 4.90 Å². The van der Waals surface area contributed by atoms with E-state index in [1.165, 1.54) is 0 Å². The third-order valence-electron chi connectivity index (χ3n) is 4.06. The fraction of sp³-hybridized carbons (Fsp3) is 0.294. The summed E-state index contributed by atoms with van der Waals surface area (Å²) in [6, 6.07) is 12.5. The van der Waals surface area contributed by atoms with Gasteiger partial charge in [-0.2, -0.15) is 0 Å². The molecule has 0 fully saturated rings. The minimum Gasteiger partial charge on any atom is -0.493 e. The Kier molecular flexibility index (Phi) is 4.64. The quantitative estimate of drug-likeness (QED) is 0.860. The average Bonchev–Trinajstić information content (AvgIpc) is 2.97. The van der Waals surface area contributed by atoms with Crippen LogP contribution in [0.2, 0.25) is 0 Å². The summed E-state index contributed by atoms with van der Waals surface area (Å²) in [5.74, 6) is 1.42. The molecule has 1 aliphatic rings. The SMILES string of the molecule is COc1ccccc1OCCN1CCc2cc(S(N)(=O)=O)ccc21. The van der Waals surface area contributed by atoms with E-state index < -0.39 is 10.0 Å². The Morgan fingerprint density at radius 2 is 1.92 bits per heavy atom. The highest BCUT2D eigenvalue weighted by Gasteiger charge is 2.21. The van der Waals surface area contributed by atoms with Gasteiger partial charge >= 0.3 is 0 Å². The van der Waals surface area contributed by atoms with Crippen LogP contribution < -0.4 is 19.5 Å². The van der Waals surface area contributed by atoms with E-state index in [1.807, 2.05) is 30.3 Å². The number of anilines is 1. The van der Waals surface area contributed by atoms with Gasteiger partial charge in [-0.3, -0.25) is 0 Å².